The molecule has 1 N–H and O–H groups in total. The number of halogens is 1. The SMILES string of the molecule is CC(=O)c1ccc(CN([C@H](CC(C)C)C(=O)O)S(=O)(=O)c2ccc(Cl)cc2)cc1. The Morgan fingerprint density at radius 1 is 1.03 bits per heavy atom. The quantitative estimate of drug-likeness (QED) is 0.592. The lowest BCUT2D eigenvalue weighted by Crippen LogP contribution is -2.45. The Bertz CT molecular complexity index is 969. The minimum absolute atomic E-state index is 0.0286. The van der Waals surface area contributed by atoms with Crippen molar-refractivity contribution < 1.29 is 23.1 Å². The summed E-state index contributed by atoms with van der Waals surface area (Å²) in [5.74, 6) is -1.35. The Labute approximate surface area is 176 Å². The number of benzene rings is 2. The van der Waals surface area contributed by atoms with Crippen molar-refractivity contribution in [1.82, 2.24) is 4.31 Å². The third kappa shape index (κ3) is 5.88. The number of carboxylic acid groups (broad SMARTS) is 1. The fourth-order valence-corrected chi connectivity index (χ4v) is 4.62. The first-order valence-electron chi connectivity index (χ1n) is 9.12. The highest BCUT2D eigenvalue weighted by atomic mass is 35.5. The summed E-state index contributed by atoms with van der Waals surface area (Å²) in [6.07, 6.45) is 0.160. The highest BCUT2D eigenvalue weighted by Crippen LogP contribution is 2.26. The van der Waals surface area contributed by atoms with Crippen LogP contribution in [-0.4, -0.2) is 35.6 Å². The molecule has 0 aromatic heterocycles. The molecule has 29 heavy (non-hydrogen) atoms. The fourth-order valence-electron chi connectivity index (χ4n) is 2.92. The lowest BCUT2D eigenvalue weighted by atomic mass is 10.0. The molecule has 2 rings (SSSR count). The van der Waals surface area contributed by atoms with E-state index in [4.69, 9.17) is 11.6 Å². The first-order valence-corrected chi connectivity index (χ1v) is 10.9. The Kier molecular flexibility index (Phi) is 7.57. The van der Waals surface area contributed by atoms with Crippen LogP contribution in [0, 0.1) is 5.92 Å². The first kappa shape index (κ1) is 23.1. The summed E-state index contributed by atoms with van der Waals surface area (Å²) >= 11 is 5.86. The molecule has 2 aromatic carbocycles. The normalized spacial score (nSPS) is 12.9. The van der Waals surface area contributed by atoms with Gasteiger partial charge >= 0.3 is 5.97 Å². The van der Waals surface area contributed by atoms with E-state index in [9.17, 15) is 23.1 Å². The summed E-state index contributed by atoms with van der Waals surface area (Å²) in [5.41, 5.74) is 1.08. The number of Topliss-reactive ketones (excluding diaryl/α,β-unsaturated/α-hetero) is 1. The average molecular weight is 438 g/mol. The number of carbonyl (C=O) groups excluding carboxylic acids is 1. The van der Waals surface area contributed by atoms with Crippen LogP contribution in [-0.2, 0) is 21.4 Å². The maximum absolute atomic E-state index is 13.3. The van der Waals surface area contributed by atoms with Gasteiger partial charge in [-0.2, -0.15) is 4.31 Å². The largest absolute Gasteiger partial charge is 0.480 e. The number of hydrogen-bond acceptors (Lipinski definition) is 4. The van der Waals surface area contributed by atoms with Gasteiger partial charge in [-0.05, 0) is 49.1 Å². The van der Waals surface area contributed by atoms with Gasteiger partial charge < -0.3 is 5.11 Å². The molecule has 8 heteroatoms. The second-order valence-corrected chi connectivity index (χ2v) is 9.57. The van der Waals surface area contributed by atoms with E-state index in [-0.39, 0.29) is 29.6 Å². The van der Waals surface area contributed by atoms with Gasteiger partial charge in [0.05, 0.1) is 4.90 Å². The van der Waals surface area contributed by atoms with E-state index in [2.05, 4.69) is 0 Å². The molecular formula is C21H24ClNO5S. The zero-order valence-electron chi connectivity index (χ0n) is 16.5. The Hall–Kier alpha value is -2.22. The summed E-state index contributed by atoms with van der Waals surface area (Å²) in [6, 6.07) is 10.9. The monoisotopic (exact) mass is 437 g/mol. The number of hydrogen-bond donors (Lipinski definition) is 1. The summed E-state index contributed by atoms with van der Waals surface area (Å²) in [7, 11) is -4.11. The molecule has 0 bridgehead atoms. The number of nitrogens with zero attached hydrogens (tertiary/aromatic N) is 1. The second kappa shape index (κ2) is 9.52. The number of aliphatic carboxylic acids is 1. The van der Waals surface area contributed by atoms with Crippen molar-refractivity contribution >= 4 is 33.4 Å². The molecule has 0 aliphatic rings. The maximum Gasteiger partial charge on any atom is 0.322 e. The van der Waals surface area contributed by atoms with E-state index < -0.39 is 22.0 Å². The third-order valence-corrected chi connectivity index (χ3v) is 6.57. The summed E-state index contributed by atoms with van der Waals surface area (Å²) in [5, 5.41) is 10.2. The van der Waals surface area contributed by atoms with Crippen molar-refractivity contribution in [2.24, 2.45) is 5.92 Å². The first-order chi connectivity index (χ1) is 13.5. The van der Waals surface area contributed by atoms with Gasteiger partial charge in [-0.25, -0.2) is 8.42 Å². The number of carboxylic acids is 1. The number of carbonyl (C=O) groups is 2. The smallest absolute Gasteiger partial charge is 0.322 e. The summed E-state index contributed by atoms with van der Waals surface area (Å²) in [6.45, 7) is 4.98. The summed E-state index contributed by atoms with van der Waals surface area (Å²) in [4.78, 5) is 23.4. The Morgan fingerprint density at radius 2 is 1.59 bits per heavy atom. The van der Waals surface area contributed by atoms with E-state index >= 15 is 0 Å². The van der Waals surface area contributed by atoms with Gasteiger partial charge in [-0.15, -0.1) is 0 Å². The molecule has 0 aliphatic carbocycles. The molecule has 0 spiro atoms. The molecule has 0 unspecified atom stereocenters. The lowest BCUT2D eigenvalue weighted by Gasteiger charge is -2.29. The fraction of sp³-hybridized carbons (Fsp3) is 0.333. The van der Waals surface area contributed by atoms with Gasteiger partial charge in [0.25, 0.3) is 0 Å². The van der Waals surface area contributed by atoms with Crippen LogP contribution < -0.4 is 0 Å². The van der Waals surface area contributed by atoms with E-state index in [1.165, 1.54) is 31.2 Å². The van der Waals surface area contributed by atoms with Gasteiger partial charge in [0.1, 0.15) is 6.04 Å². The van der Waals surface area contributed by atoms with Crippen LogP contribution in [0.3, 0.4) is 0 Å². The standard InChI is InChI=1S/C21H24ClNO5S/c1-14(2)12-20(21(25)26)23(13-16-4-6-17(7-5-16)15(3)24)29(27,28)19-10-8-18(22)9-11-19/h4-11,14,20H,12-13H2,1-3H3,(H,25,26)/t20-/m1/s1. The van der Waals surface area contributed by atoms with Crippen molar-refractivity contribution in [1.29, 1.82) is 0 Å². The van der Waals surface area contributed by atoms with Crippen molar-refractivity contribution in [3.05, 3.63) is 64.7 Å². The van der Waals surface area contributed by atoms with Crippen molar-refractivity contribution in [2.75, 3.05) is 0 Å². The van der Waals surface area contributed by atoms with Gasteiger partial charge in [0.15, 0.2) is 5.78 Å². The minimum atomic E-state index is -4.11. The van der Waals surface area contributed by atoms with Gasteiger partial charge in [0.2, 0.25) is 10.0 Å². The molecule has 1 atom stereocenters. The van der Waals surface area contributed by atoms with E-state index in [0.29, 0.717) is 16.1 Å². The molecule has 0 saturated heterocycles. The summed E-state index contributed by atoms with van der Waals surface area (Å²) < 4.78 is 27.6. The average Bonchev–Trinajstić information content (AvgIpc) is 2.64. The zero-order valence-corrected chi connectivity index (χ0v) is 18.1. The van der Waals surface area contributed by atoms with Crippen molar-refractivity contribution in [2.45, 2.75) is 44.7 Å². The van der Waals surface area contributed by atoms with Crippen LogP contribution in [0.15, 0.2) is 53.4 Å². The lowest BCUT2D eigenvalue weighted by molar-refractivity contribution is -0.142. The van der Waals surface area contributed by atoms with Gasteiger partial charge in [-0.1, -0.05) is 49.7 Å². The van der Waals surface area contributed by atoms with Gasteiger partial charge in [-0.3, -0.25) is 9.59 Å². The molecule has 0 radical (unpaired) electrons. The second-order valence-electron chi connectivity index (χ2n) is 7.24. The highest BCUT2D eigenvalue weighted by molar-refractivity contribution is 7.89. The number of rotatable bonds is 9. The predicted molar refractivity (Wildman–Crippen MR) is 112 cm³/mol. The molecule has 6 nitrogen and oxygen atoms in total. The highest BCUT2D eigenvalue weighted by Gasteiger charge is 2.36. The molecule has 0 fully saturated rings. The van der Waals surface area contributed by atoms with Crippen LogP contribution in [0.5, 0.6) is 0 Å². The zero-order chi connectivity index (χ0) is 21.8. The van der Waals surface area contributed by atoms with E-state index in [1.807, 2.05) is 13.8 Å². The van der Waals surface area contributed by atoms with E-state index in [0.717, 1.165) is 4.31 Å². The topological polar surface area (TPSA) is 91.8 Å². The van der Waals surface area contributed by atoms with Crippen LogP contribution >= 0.6 is 11.6 Å². The van der Waals surface area contributed by atoms with Crippen molar-refractivity contribution in [3.8, 4) is 0 Å². The van der Waals surface area contributed by atoms with Crippen LogP contribution in [0.1, 0.15) is 43.1 Å². The number of sulfonamides is 1. The molecule has 0 saturated carbocycles. The van der Waals surface area contributed by atoms with E-state index in [1.54, 1.807) is 24.3 Å². The molecule has 156 valence electrons. The Morgan fingerprint density at radius 3 is 2.03 bits per heavy atom. The molecule has 0 aliphatic heterocycles. The molecule has 0 heterocycles. The Balaban J connectivity index is 2.50. The number of ketones is 1. The van der Waals surface area contributed by atoms with Gasteiger partial charge in [0, 0.05) is 17.1 Å². The molecule has 0 amide bonds. The van der Waals surface area contributed by atoms with Crippen LogP contribution in [0.25, 0.3) is 0 Å². The molecule has 2 aromatic rings. The molecular weight excluding hydrogens is 414 g/mol. The van der Waals surface area contributed by atoms with Crippen molar-refractivity contribution in [3.63, 3.8) is 0 Å². The third-order valence-electron chi connectivity index (χ3n) is 4.45. The van der Waals surface area contributed by atoms with Crippen LogP contribution in [0.4, 0.5) is 0 Å². The minimum Gasteiger partial charge on any atom is -0.480 e. The van der Waals surface area contributed by atoms with Crippen LogP contribution in [0.2, 0.25) is 5.02 Å². The predicted octanol–water partition coefficient (Wildman–Crippen LogP) is 4.23. The maximum atomic E-state index is 13.3.